The zero-order valence-electron chi connectivity index (χ0n) is 9.67. The van der Waals surface area contributed by atoms with Gasteiger partial charge in [-0.25, -0.2) is 8.78 Å². The van der Waals surface area contributed by atoms with Gasteiger partial charge in [-0.15, -0.1) is 0 Å². The Morgan fingerprint density at radius 1 is 1.35 bits per heavy atom. The highest BCUT2D eigenvalue weighted by molar-refractivity contribution is 5.90. The van der Waals surface area contributed by atoms with Gasteiger partial charge in [0, 0.05) is 6.42 Å². The Bertz CT molecular complexity index is 440. The third-order valence-electron chi connectivity index (χ3n) is 3.44. The van der Waals surface area contributed by atoms with E-state index in [9.17, 15) is 13.6 Å². The lowest BCUT2D eigenvalue weighted by Gasteiger charge is -2.35. The Morgan fingerprint density at radius 2 is 1.94 bits per heavy atom. The number of carbonyl (C=O) groups is 1. The second kappa shape index (κ2) is 4.18. The fraction of sp³-hybridized carbons (Fsp3) is 0.462. The van der Waals surface area contributed by atoms with Gasteiger partial charge in [0.1, 0.15) is 17.2 Å². The average Bonchev–Trinajstić information content (AvgIpc) is 2.23. The molecule has 0 spiro atoms. The van der Waals surface area contributed by atoms with Gasteiger partial charge < -0.3 is 5.73 Å². The minimum Gasteiger partial charge on any atom is -0.315 e. The largest absolute Gasteiger partial charge is 0.315 e. The van der Waals surface area contributed by atoms with E-state index < -0.39 is 17.2 Å². The van der Waals surface area contributed by atoms with Crippen LogP contribution in [0.4, 0.5) is 8.78 Å². The topological polar surface area (TPSA) is 43.1 Å². The van der Waals surface area contributed by atoms with Gasteiger partial charge in [0.25, 0.3) is 0 Å². The number of carbonyl (C=O) groups excluding carboxylic acids is 1. The predicted molar refractivity (Wildman–Crippen MR) is 60.2 cm³/mol. The molecule has 1 aromatic rings. The summed E-state index contributed by atoms with van der Waals surface area (Å²) < 4.78 is 27.4. The molecule has 2 atom stereocenters. The van der Waals surface area contributed by atoms with Gasteiger partial charge in [-0.2, -0.15) is 0 Å². The lowest BCUT2D eigenvalue weighted by atomic mass is 9.72. The SMILES string of the molecule is CC1CCC(=O)C(N)(c2c(F)cccc2F)C1. The standard InChI is InChI=1S/C13H15F2NO/c1-8-5-6-11(17)13(16,7-8)12-9(14)3-2-4-10(12)15/h2-4,8H,5-7,16H2,1H3. The molecule has 0 amide bonds. The maximum atomic E-state index is 13.7. The molecule has 17 heavy (non-hydrogen) atoms. The van der Waals surface area contributed by atoms with Gasteiger partial charge in [-0.3, -0.25) is 4.79 Å². The van der Waals surface area contributed by atoms with Gasteiger partial charge in [0.15, 0.2) is 5.78 Å². The first-order valence-corrected chi connectivity index (χ1v) is 5.72. The van der Waals surface area contributed by atoms with Crippen LogP contribution in [0.2, 0.25) is 0 Å². The molecule has 0 bridgehead atoms. The van der Waals surface area contributed by atoms with E-state index in [4.69, 9.17) is 5.73 Å². The summed E-state index contributed by atoms with van der Waals surface area (Å²) in [6.07, 6.45) is 1.31. The van der Waals surface area contributed by atoms with E-state index >= 15 is 0 Å². The third kappa shape index (κ3) is 1.97. The van der Waals surface area contributed by atoms with Gasteiger partial charge >= 0.3 is 0 Å². The number of ketones is 1. The number of halogens is 2. The highest BCUT2D eigenvalue weighted by atomic mass is 19.1. The molecule has 0 radical (unpaired) electrons. The monoisotopic (exact) mass is 239 g/mol. The van der Waals surface area contributed by atoms with Crippen molar-refractivity contribution in [3.05, 3.63) is 35.4 Å². The van der Waals surface area contributed by atoms with Gasteiger partial charge in [0.05, 0.1) is 5.56 Å². The number of hydrogen-bond acceptors (Lipinski definition) is 2. The van der Waals surface area contributed by atoms with Gasteiger partial charge in [-0.05, 0) is 30.9 Å². The maximum absolute atomic E-state index is 13.7. The molecule has 2 N–H and O–H groups in total. The number of Topliss-reactive ketones (excluding diaryl/α,β-unsaturated/α-hetero) is 1. The number of rotatable bonds is 1. The Hall–Kier alpha value is -1.29. The first-order chi connectivity index (χ1) is 7.95. The number of benzene rings is 1. The van der Waals surface area contributed by atoms with Crippen molar-refractivity contribution in [2.75, 3.05) is 0 Å². The molecular formula is C13H15F2NO. The Morgan fingerprint density at radius 3 is 2.53 bits per heavy atom. The average molecular weight is 239 g/mol. The highest BCUT2D eigenvalue weighted by Gasteiger charge is 2.43. The Labute approximate surface area is 98.8 Å². The smallest absolute Gasteiger partial charge is 0.157 e. The minimum atomic E-state index is -1.51. The molecule has 2 nitrogen and oxygen atoms in total. The van der Waals surface area contributed by atoms with Gasteiger partial charge in [0.2, 0.25) is 0 Å². The maximum Gasteiger partial charge on any atom is 0.157 e. The zero-order valence-corrected chi connectivity index (χ0v) is 9.67. The summed E-state index contributed by atoms with van der Waals surface area (Å²) in [7, 11) is 0. The molecule has 0 saturated heterocycles. The summed E-state index contributed by atoms with van der Waals surface area (Å²) in [6, 6.07) is 3.55. The zero-order chi connectivity index (χ0) is 12.6. The van der Waals surface area contributed by atoms with Crippen LogP contribution in [0.5, 0.6) is 0 Å². The normalized spacial score (nSPS) is 29.4. The molecule has 1 aliphatic carbocycles. The first-order valence-electron chi connectivity index (χ1n) is 5.72. The van der Waals surface area contributed by atoms with Crippen LogP contribution in [0.25, 0.3) is 0 Å². The van der Waals surface area contributed by atoms with Crippen LogP contribution in [-0.4, -0.2) is 5.78 Å². The Kier molecular flexibility index (Phi) is 3.00. The highest BCUT2D eigenvalue weighted by Crippen LogP contribution is 2.37. The predicted octanol–water partition coefficient (Wildman–Crippen LogP) is 2.51. The second-order valence-corrected chi connectivity index (χ2v) is 4.84. The van der Waals surface area contributed by atoms with Crippen LogP contribution in [0.3, 0.4) is 0 Å². The summed E-state index contributed by atoms with van der Waals surface area (Å²) in [5.74, 6) is -1.57. The summed E-state index contributed by atoms with van der Waals surface area (Å²) in [6.45, 7) is 1.94. The molecule has 1 aliphatic rings. The third-order valence-corrected chi connectivity index (χ3v) is 3.44. The van der Waals surface area contributed by atoms with Crippen LogP contribution in [0.15, 0.2) is 18.2 Å². The van der Waals surface area contributed by atoms with Crippen molar-refractivity contribution in [3.8, 4) is 0 Å². The molecule has 1 saturated carbocycles. The molecule has 2 unspecified atom stereocenters. The van der Waals surface area contributed by atoms with E-state index in [1.54, 1.807) is 0 Å². The molecule has 2 rings (SSSR count). The van der Waals surface area contributed by atoms with E-state index in [1.165, 1.54) is 6.07 Å². The van der Waals surface area contributed by atoms with Crippen molar-refractivity contribution in [1.29, 1.82) is 0 Å². The molecule has 4 heteroatoms. The van der Waals surface area contributed by atoms with E-state index in [0.717, 1.165) is 18.6 Å². The number of hydrogen-bond donors (Lipinski definition) is 1. The fourth-order valence-electron chi connectivity index (χ4n) is 2.53. The molecule has 0 aliphatic heterocycles. The van der Waals surface area contributed by atoms with Crippen molar-refractivity contribution in [1.82, 2.24) is 0 Å². The second-order valence-electron chi connectivity index (χ2n) is 4.84. The van der Waals surface area contributed by atoms with Crippen LogP contribution in [0.1, 0.15) is 31.7 Å². The lowest BCUT2D eigenvalue weighted by molar-refractivity contribution is -0.127. The van der Waals surface area contributed by atoms with E-state index in [0.29, 0.717) is 6.42 Å². The quantitative estimate of drug-likeness (QED) is 0.818. The van der Waals surface area contributed by atoms with E-state index in [1.807, 2.05) is 6.92 Å². The first kappa shape index (κ1) is 12.2. The molecule has 92 valence electrons. The van der Waals surface area contributed by atoms with E-state index in [-0.39, 0.29) is 23.7 Å². The summed E-state index contributed by atoms with van der Waals surface area (Å²) in [4.78, 5) is 11.9. The van der Waals surface area contributed by atoms with Crippen molar-refractivity contribution >= 4 is 5.78 Å². The Balaban J connectivity index is 2.53. The summed E-state index contributed by atoms with van der Waals surface area (Å²) >= 11 is 0. The van der Waals surface area contributed by atoms with Crippen LogP contribution < -0.4 is 5.73 Å². The summed E-state index contributed by atoms with van der Waals surface area (Å²) in [5, 5.41) is 0. The number of nitrogens with two attached hydrogens (primary N) is 1. The fourth-order valence-corrected chi connectivity index (χ4v) is 2.53. The van der Waals surface area contributed by atoms with Crippen molar-refractivity contribution in [3.63, 3.8) is 0 Å². The van der Waals surface area contributed by atoms with Crippen LogP contribution in [0, 0.1) is 17.6 Å². The van der Waals surface area contributed by atoms with Gasteiger partial charge in [-0.1, -0.05) is 13.0 Å². The molecular weight excluding hydrogens is 224 g/mol. The van der Waals surface area contributed by atoms with Crippen LogP contribution in [-0.2, 0) is 10.3 Å². The lowest BCUT2D eigenvalue weighted by Crippen LogP contribution is -2.50. The van der Waals surface area contributed by atoms with Crippen molar-refractivity contribution in [2.24, 2.45) is 11.7 Å². The molecule has 0 heterocycles. The summed E-state index contributed by atoms with van der Waals surface area (Å²) in [5.41, 5.74) is 4.20. The van der Waals surface area contributed by atoms with Crippen molar-refractivity contribution in [2.45, 2.75) is 31.7 Å². The van der Waals surface area contributed by atoms with Crippen molar-refractivity contribution < 1.29 is 13.6 Å². The molecule has 0 aromatic heterocycles. The molecule has 1 fully saturated rings. The van der Waals surface area contributed by atoms with Crippen LogP contribution >= 0.6 is 0 Å². The minimum absolute atomic E-state index is 0.191. The molecule has 1 aromatic carbocycles. The van der Waals surface area contributed by atoms with E-state index in [2.05, 4.69) is 0 Å².